The van der Waals surface area contributed by atoms with Gasteiger partial charge in [-0.3, -0.25) is 4.90 Å². The first kappa shape index (κ1) is 31.7. The summed E-state index contributed by atoms with van der Waals surface area (Å²) in [4.78, 5) is 34.9. The molecule has 1 aromatic carbocycles. The average Bonchev–Trinajstić information content (AvgIpc) is 3.32. The number of rotatable bonds is 6. The normalized spacial score (nSPS) is 16.9. The molecule has 228 valence electrons. The molecule has 2 aromatic heterocycles. The van der Waals surface area contributed by atoms with E-state index in [1.165, 1.54) is 0 Å². The Bertz CT molecular complexity index is 1390. The average molecular weight is 596 g/mol. The molecule has 0 radical (unpaired) electrons. The number of imidazole rings is 1. The van der Waals surface area contributed by atoms with Gasteiger partial charge in [0.25, 0.3) is 0 Å². The minimum atomic E-state index is -0.682. The van der Waals surface area contributed by atoms with Gasteiger partial charge in [0.15, 0.2) is 5.65 Å². The van der Waals surface area contributed by atoms with Crippen LogP contribution in [-0.2, 0) is 9.47 Å². The molecule has 1 aliphatic rings. The number of aromatic nitrogens is 3. The first-order valence-corrected chi connectivity index (χ1v) is 15.6. The van der Waals surface area contributed by atoms with Crippen LogP contribution in [0.2, 0.25) is 0 Å². The first-order valence-electron chi connectivity index (χ1n) is 14.7. The lowest BCUT2D eigenvalue weighted by molar-refractivity contribution is 0.0220. The van der Waals surface area contributed by atoms with Crippen molar-refractivity contribution in [2.45, 2.75) is 109 Å². The van der Waals surface area contributed by atoms with E-state index in [0.29, 0.717) is 24.4 Å². The molecule has 1 aliphatic heterocycles. The zero-order valence-corrected chi connectivity index (χ0v) is 27.2. The summed E-state index contributed by atoms with van der Waals surface area (Å²) in [5.41, 5.74) is 1.92. The molecule has 3 heterocycles. The van der Waals surface area contributed by atoms with Crippen molar-refractivity contribution in [1.29, 1.82) is 0 Å². The Kier molecular flexibility index (Phi) is 9.45. The second-order valence-corrected chi connectivity index (χ2v) is 14.5. The van der Waals surface area contributed by atoms with Gasteiger partial charge in [0.2, 0.25) is 0 Å². The highest BCUT2D eigenvalue weighted by Crippen LogP contribution is 2.37. The summed E-state index contributed by atoms with van der Waals surface area (Å²) < 4.78 is 13.4. The number of fused-ring (bicyclic) bond motifs is 1. The number of nitrogens with zero attached hydrogens (tertiary/aromatic N) is 5. The summed E-state index contributed by atoms with van der Waals surface area (Å²) in [7, 11) is 0. The van der Waals surface area contributed by atoms with E-state index in [1.807, 2.05) is 95.6 Å². The minimum absolute atomic E-state index is 0.122. The van der Waals surface area contributed by atoms with Crippen molar-refractivity contribution in [3.05, 3.63) is 53.9 Å². The Labute approximate surface area is 254 Å². The fraction of sp³-hybridized carbons (Fsp3) is 0.562. The summed E-state index contributed by atoms with van der Waals surface area (Å²) >= 11 is 1.62. The Hall–Kier alpha value is -3.27. The number of hydrogen-bond acceptors (Lipinski definition) is 7. The van der Waals surface area contributed by atoms with Crippen molar-refractivity contribution >= 4 is 35.3 Å². The third-order valence-corrected chi connectivity index (χ3v) is 8.04. The van der Waals surface area contributed by atoms with Crippen molar-refractivity contribution in [3.63, 3.8) is 0 Å². The third kappa shape index (κ3) is 7.76. The fourth-order valence-corrected chi connectivity index (χ4v) is 6.12. The molecule has 1 fully saturated rings. The molecule has 3 aromatic rings. The minimum Gasteiger partial charge on any atom is -0.444 e. The van der Waals surface area contributed by atoms with E-state index in [4.69, 9.17) is 19.6 Å². The number of benzene rings is 1. The number of hydrogen-bond donors (Lipinski definition) is 0. The Balaban J connectivity index is 1.76. The lowest BCUT2D eigenvalue weighted by Gasteiger charge is -2.34. The number of piperidine rings is 1. The Morgan fingerprint density at radius 3 is 2.31 bits per heavy atom. The third-order valence-electron chi connectivity index (χ3n) is 6.88. The van der Waals surface area contributed by atoms with Gasteiger partial charge in [0.05, 0.1) is 23.6 Å². The van der Waals surface area contributed by atoms with Crippen LogP contribution in [-0.4, -0.2) is 61.2 Å². The molecule has 2 unspecified atom stereocenters. The number of amides is 2. The van der Waals surface area contributed by atoms with Crippen LogP contribution in [0.3, 0.4) is 0 Å². The number of anilines is 1. The van der Waals surface area contributed by atoms with Gasteiger partial charge in [-0.2, -0.15) is 5.10 Å². The van der Waals surface area contributed by atoms with E-state index in [2.05, 4.69) is 13.8 Å². The van der Waals surface area contributed by atoms with Crippen molar-refractivity contribution in [2.75, 3.05) is 18.0 Å². The standard InChI is InChI=1S/C32H45N5O4S/c1-21(2)26-19-33-28-25(36(30(39)41-32(7,8)9)22(3)23-14-11-10-12-15-23)18-27(34-37(26)28)42-24-16-13-17-35(20-24)29(38)40-31(4,5)6/h10-12,14-15,18-19,21-22,24H,13,16-17,20H2,1-9H3. The number of carbonyl (C=O) groups is 2. The van der Waals surface area contributed by atoms with Crippen LogP contribution in [0.15, 0.2) is 47.6 Å². The highest BCUT2D eigenvalue weighted by molar-refractivity contribution is 7.99. The molecule has 0 N–H and O–H groups in total. The zero-order valence-electron chi connectivity index (χ0n) is 26.4. The van der Waals surface area contributed by atoms with Crippen molar-refractivity contribution in [2.24, 2.45) is 0 Å². The Morgan fingerprint density at radius 2 is 1.69 bits per heavy atom. The maximum Gasteiger partial charge on any atom is 0.415 e. The molecule has 4 rings (SSSR count). The maximum absolute atomic E-state index is 13.9. The Morgan fingerprint density at radius 1 is 1.02 bits per heavy atom. The highest BCUT2D eigenvalue weighted by Gasteiger charge is 2.33. The predicted octanol–water partition coefficient (Wildman–Crippen LogP) is 7.85. The van der Waals surface area contributed by atoms with Gasteiger partial charge in [0.1, 0.15) is 16.2 Å². The summed E-state index contributed by atoms with van der Waals surface area (Å²) in [6, 6.07) is 11.5. The molecule has 0 saturated carbocycles. The molecular weight excluding hydrogens is 550 g/mol. The lowest BCUT2D eigenvalue weighted by atomic mass is 10.1. The van der Waals surface area contributed by atoms with Gasteiger partial charge < -0.3 is 14.4 Å². The first-order chi connectivity index (χ1) is 19.6. The number of thioether (sulfide) groups is 1. The highest BCUT2D eigenvalue weighted by atomic mass is 32.2. The molecule has 1 saturated heterocycles. The van der Waals surface area contributed by atoms with Crippen molar-refractivity contribution < 1.29 is 19.1 Å². The van der Waals surface area contributed by atoms with E-state index in [0.717, 1.165) is 29.1 Å². The van der Waals surface area contributed by atoms with E-state index in [-0.39, 0.29) is 23.3 Å². The fourth-order valence-electron chi connectivity index (χ4n) is 4.93. The van der Waals surface area contributed by atoms with Gasteiger partial charge in [0, 0.05) is 18.3 Å². The molecule has 2 atom stereocenters. The van der Waals surface area contributed by atoms with Crippen LogP contribution in [0, 0.1) is 0 Å². The van der Waals surface area contributed by atoms with Crippen LogP contribution in [0.25, 0.3) is 5.65 Å². The van der Waals surface area contributed by atoms with Gasteiger partial charge in [-0.05, 0) is 78.9 Å². The maximum atomic E-state index is 13.9. The summed E-state index contributed by atoms with van der Waals surface area (Å²) in [5, 5.41) is 5.87. The van der Waals surface area contributed by atoms with E-state index in [9.17, 15) is 9.59 Å². The second kappa shape index (κ2) is 12.5. The molecule has 2 amide bonds. The van der Waals surface area contributed by atoms with Crippen molar-refractivity contribution in [3.8, 4) is 0 Å². The van der Waals surface area contributed by atoms with Gasteiger partial charge >= 0.3 is 12.2 Å². The summed E-state index contributed by atoms with van der Waals surface area (Å²) in [6.07, 6.45) is 2.91. The lowest BCUT2D eigenvalue weighted by Crippen LogP contribution is -2.43. The van der Waals surface area contributed by atoms with E-state index >= 15 is 0 Å². The molecule has 0 spiro atoms. The van der Waals surface area contributed by atoms with Gasteiger partial charge in [-0.1, -0.05) is 55.9 Å². The van der Waals surface area contributed by atoms with Crippen LogP contribution >= 0.6 is 11.8 Å². The molecule has 42 heavy (non-hydrogen) atoms. The quantitative estimate of drug-likeness (QED) is 0.287. The topological polar surface area (TPSA) is 89.3 Å². The van der Waals surface area contributed by atoms with Crippen LogP contribution in [0.1, 0.15) is 98.4 Å². The number of carbonyl (C=O) groups excluding carboxylic acids is 2. The largest absolute Gasteiger partial charge is 0.444 e. The SMILES string of the molecule is CC(C)c1cnc2c(N(C(=O)OC(C)(C)C)C(C)c3ccccc3)cc(SC3CCCN(C(=O)OC(C)(C)C)C3)nn12. The molecule has 0 aliphatic carbocycles. The molecule has 10 heteroatoms. The van der Waals surface area contributed by atoms with E-state index < -0.39 is 17.3 Å². The smallest absolute Gasteiger partial charge is 0.415 e. The monoisotopic (exact) mass is 595 g/mol. The van der Waals surface area contributed by atoms with Crippen LogP contribution in [0.5, 0.6) is 0 Å². The van der Waals surface area contributed by atoms with Gasteiger partial charge in [-0.25, -0.2) is 19.1 Å². The van der Waals surface area contributed by atoms with Gasteiger partial charge in [-0.15, -0.1) is 0 Å². The number of ether oxygens (including phenoxy) is 2. The number of likely N-dealkylation sites (tertiary alicyclic amines) is 1. The summed E-state index contributed by atoms with van der Waals surface area (Å²) in [6.45, 7) is 18.7. The zero-order chi connectivity index (χ0) is 30.8. The van der Waals surface area contributed by atoms with Crippen LogP contribution < -0.4 is 4.90 Å². The van der Waals surface area contributed by atoms with Crippen LogP contribution in [0.4, 0.5) is 15.3 Å². The van der Waals surface area contributed by atoms with Crippen molar-refractivity contribution in [1.82, 2.24) is 19.5 Å². The summed E-state index contributed by atoms with van der Waals surface area (Å²) in [5.74, 6) is 0.166. The molecule has 9 nitrogen and oxygen atoms in total. The van der Waals surface area contributed by atoms with E-state index in [1.54, 1.807) is 21.6 Å². The second-order valence-electron chi connectivity index (χ2n) is 13.2. The predicted molar refractivity (Wildman–Crippen MR) is 167 cm³/mol. The molecular formula is C32H45N5O4S. The molecule has 0 bridgehead atoms.